The summed E-state index contributed by atoms with van der Waals surface area (Å²) in [6, 6.07) is 0. The quantitative estimate of drug-likeness (QED) is 0.687. The number of aromatic nitrogens is 2. The number of carbonyl (C=O) groups excluding carboxylic acids is 2. The number of hydrogen-bond acceptors (Lipinski definition) is 4. The van der Waals surface area contributed by atoms with Crippen molar-refractivity contribution in [3.63, 3.8) is 0 Å². The summed E-state index contributed by atoms with van der Waals surface area (Å²) in [5, 5.41) is 13.3. The molecule has 1 fully saturated rings. The van der Waals surface area contributed by atoms with E-state index in [4.69, 9.17) is 0 Å². The number of fused-ring (bicyclic) bond motifs is 1. The van der Waals surface area contributed by atoms with Crippen LogP contribution in [-0.4, -0.2) is 53.1 Å². The van der Waals surface area contributed by atoms with Crippen LogP contribution in [0.5, 0.6) is 0 Å². The number of hydrogen-bond donors (Lipinski definition) is 3. The van der Waals surface area contributed by atoms with Gasteiger partial charge in [-0.25, -0.2) is 0 Å². The van der Waals surface area contributed by atoms with Crippen molar-refractivity contribution in [2.24, 2.45) is 0 Å². The Bertz CT molecular complexity index is 575. The number of amides is 2. The zero-order chi connectivity index (χ0) is 16.1. The first-order chi connectivity index (χ1) is 11.3. The summed E-state index contributed by atoms with van der Waals surface area (Å²) in [5.41, 5.74) is 2.54. The Morgan fingerprint density at radius 2 is 2.12 bits per heavy atom. The average molecular weight is 356 g/mol. The number of carbonyl (C=O) groups is 2. The lowest BCUT2D eigenvalue weighted by Crippen LogP contribution is -2.34. The Morgan fingerprint density at radius 1 is 1.25 bits per heavy atom. The summed E-state index contributed by atoms with van der Waals surface area (Å²) in [6.07, 6.45) is 5.56. The van der Waals surface area contributed by atoms with Gasteiger partial charge in [0.25, 0.3) is 5.91 Å². The molecule has 2 amide bonds. The van der Waals surface area contributed by atoms with Crippen LogP contribution in [0.25, 0.3) is 0 Å². The molecule has 134 valence electrons. The topological polar surface area (TPSA) is 90.1 Å². The highest BCUT2D eigenvalue weighted by molar-refractivity contribution is 5.94. The highest BCUT2D eigenvalue weighted by Gasteiger charge is 2.21. The fourth-order valence-electron chi connectivity index (χ4n) is 3.24. The summed E-state index contributed by atoms with van der Waals surface area (Å²) >= 11 is 0. The third-order valence-corrected chi connectivity index (χ3v) is 4.58. The molecular weight excluding hydrogens is 330 g/mol. The molecule has 2 aliphatic rings. The minimum absolute atomic E-state index is 0. The monoisotopic (exact) mass is 355 g/mol. The van der Waals surface area contributed by atoms with Gasteiger partial charge in [-0.3, -0.25) is 14.7 Å². The van der Waals surface area contributed by atoms with Gasteiger partial charge in [0.15, 0.2) is 5.69 Å². The van der Waals surface area contributed by atoms with E-state index in [-0.39, 0.29) is 24.2 Å². The Balaban J connectivity index is 0.00000208. The van der Waals surface area contributed by atoms with Crippen LogP contribution in [-0.2, 0) is 17.8 Å². The molecule has 7 nitrogen and oxygen atoms in total. The van der Waals surface area contributed by atoms with E-state index in [9.17, 15) is 9.59 Å². The Kier molecular flexibility index (Phi) is 7.05. The van der Waals surface area contributed by atoms with Crippen LogP contribution < -0.4 is 10.6 Å². The molecule has 1 aromatic rings. The van der Waals surface area contributed by atoms with Crippen LogP contribution in [0, 0.1) is 0 Å². The molecule has 3 rings (SSSR count). The fourth-order valence-corrected chi connectivity index (χ4v) is 3.24. The van der Waals surface area contributed by atoms with E-state index in [2.05, 4.69) is 20.8 Å². The zero-order valence-corrected chi connectivity index (χ0v) is 14.7. The number of H-pyrrole nitrogens is 1. The number of nitrogens with one attached hydrogen (secondary N) is 3. The van der Waals surface area contributed by atoms with E-state index in [1.54, 1.807) is 0 Å². The van der Waals surface area contributed by atoms with Crippen molar-refractivity contribution in [3.05, 3.63) is 17.0 Å². The second kappa shape index (κ2) is 9.03. The minimum Gasteiger partial charge on any atom is -0.351 e. The summed E-state index contributed by atoms with van der Waals surface area (Å²) in [4.78, 5) is 26.1. The molecule has 3 N–H and O–H groups in total. The molecule has 0 aromatic carbocycles. The number of rotatable bonds is 5. The highest BCUT2D eigenvalue weighted by atomic mass is 35.5. The molecule has 0 spiro atoms. The van der Waals surface area contributed by atoms with Gasteiger partial charge in [-0.15, -0.1) is 12.4 Å². The molecule has 0 unspecified atom stereocenters. The summed E-state index contributed by atoms with van der Waals surface area (Å²) in [6.45, 7) is 3.75. The molecule has 8 heteroatoms. The van der Waals surface area contributed by atoms with Crippen LogP contribution in [0.15, 0.2) is 0 Å². The van der Waals surface area contributed by atoms with Gasteiger partial charge in [0.1, 0.15) is 0 Å². The first-order valence-electron chi connectivity index (χ1n) is 8.58. The van der Waals surface area contributed by atoms with E-state index in [1.165, 1.54) is 0 Å². The van der Waals surface area contributed by atoms with Crippen molar-refractivity contribution >= 4 is 24.2 Å². The molecule has 0 radical (unpaired) electrons. The van der Waals surface area contributed by atoms with Gasteiger partial charge in [-0.2, -0.15) is 5.10 Å². The van der Waals surface area contributed by atoms with Crippen molar-refractivity contribution in [1.29, 1.82) is 0 Å². The SMILES string of the molecule is Cl.O=C(NCCCN1CCCCCC1=O)c1n[nH]c2c1CNCC2. The van der Waals surface area contributed by atoms with Gasteiger partial charge in [0, 0.05) is 56.8 Å². The normalized spacial score (nSPS) is 17.7. The predicted molar refractivity (Wildman–Crippen MR) is 93.2 cm³/mol. The second-order valence-electron chi connectivity index (χ2n) is 6.26. The Morgan fingerprint density at radius 3 is 3.00 bits per heavy atom. The van der Waals surface area contributed by atoms with Crippen LogP contribution >= 0.6 is 12.4 Å². The summed E-state index contributed by atoms with van der Waals surface area (Å²) < 4.78 is 0. The fraction of sp³-hybridized carbons (Fsp3) is 0.688. The first-order valence-corrected chi connectivity index (χ1v) is 8.58. The minimum atomic E-state index is -0.131. The van der Waals surface area contributed by atoms with E-state index in [0.29, 0.717) is 25.2 Å². The van der Waals surface area contributed by atoms with Crippen molar-refractivity contribution in [2.75, 3.05) is 26.2 Å². The van der Waals surface area contributed by atoms with Gasteiger partial charge < -0.3 is 15.5 Å². The van der Waals surface area contributed by atoms with E-state index < -0.39 is 0 Å². The van der Waals surface area contributed by atoms with Gasteiger partial charge in [0.05, 0.1) is 0 Å². The van der Waals surface area contributed by atoms with Gasteiger partial charge in [-0.1, -0.05) is 6.42 Å². The average Bonchev–Trinajstić information content (AvgIpc) is 2.89. The maximum atomic E-state index is 12.2. The molecule has 0 saturated carbocycles. The highest BCUT2D eigenvalue weighted by Crippen LogP contribution is 2.15. The van der Waals surface area contributed by atoms with Gasteiger partial charge in [0.2, 0.25) is 5.91 Å². The number of aromatic amines is 1. The summed E-state index contributed by atoms with van der Waals surface area (Å²) in [7, 11) is 0. The lowest BCUT2D eigenvalue weighted by molar-refractivity contribution is -0.130. The van der Waals surface area contributed by atoms with Crippen LogP contribution in [0.1, 0.15) is 53.8 Å². The molecule has 24 heavy (non-hydrogen) atoms. The van der Waals surface area contributed by atoms with Crippen molar-refractivity contribution < 1.29 is 9.59 Å². The molecule has 0 atom stereocenters. The van der Waals surface area contributed by atoms with Crippen LogP contribution in [0.3, 0.4) is 0 Å². The summed E-state index contributed by atoms with van der Waals surface area (Å²) in [5.74, 6) is 0.120. The van der Waals surface area contributed by atoms with Crippen molar-refractivity contribution in [3.8, 4) is 0 Å². The van der Waals surface area contributed by atoms with E-state index >= 15 is 0 Å². The Labute approximate surface area is 148 Å². The number of nitrogens with zero attached hydrogens (tertiary/aromatic N) is 2. The zero-order valence-electron chi connectivity index (χ0n) is 13.9. The van der Waals surface area contributed by atoms with Crippen molar-refractivity contribution in [2.45, 2.75) is 45.1 Å². The van der Waals surface area contributed by atoms with E-state index in [0.717, 1.165) is 63.0 Å². The lowest BCUT2D eigenvalue weighted by Gasteiger charge is -2.20. The molecule has 0 bridgehead atoms. The third-order valence-electron chi connectivity index (χ3n) is 4.58. The smallest absolute Gasteiger partial charge is 0.272 e. The first kappa shape index (κ1) is 18.7. The molecule has 1 aromatic heterocycles. The maximum absolute atomic E-state index is 12.2. The Hall–Kier alpha value is -1.60. The van der Waals surface area contributed by atoms with Gasteiger partial charge >= 0.3 is 0 Å². The largest absolute Gasteiger partial charge is 0.351 e. The second-order valence-corrected chi connectivity index (χ2v) is 6.26. The lowest BCUT2D eigenvalue weighted by atomic mass is 10.1. The number of likely N-dealkylation sites (tertiary alicyclic amines) is 1. The molecule has 3 heterocycles. The predicted octanol–water partition coefficient (Wildman–Crippen LogP) is 1.000. The third kappa shape index (κ3) is 4.48. The van der Waals surface area contributed by atoms with Crippen LogP contribution in [0.2, 0.25) is 0 Å². The van der Waals surface area contributed by atoms with E-state index in [1.807, 2.05) is 4.90 Å². The molecule has 1 saturated heterocycles. The van der Waals surface area contributed by atoms with Crippen molar-refractivity contribution in [1.82, 2.24) is 25.7 Å². The molecular formula is C16H26ClN5O2. The maximum Gasteiger partial charge on any atom is 0.272 e. The molecule has 2 aliphatic heterocycles. The standard InChI is InChI=1S/C16H25N5O2.ClH/c22-14-5-2-1-3-9-21(14)10-4-7-18-16(23)15-12-11-17-8-6-13(12)19-20-15;/h17H,1-11H2,(H,18,23)(H,19,20);1H. The molecule has 0 aliphatic carbocycles. The van der Waals surface area contributed by atoms with Crippen LogP contribution in [0.4, 0.5) is 0 Å². The number of halogens is 1. The van der Waals surface area contributed by atoms with Gasteiger partial charge in [-0.05, 0) is 19.3 Å².